The SMILES string of the molecule is CCCCN(c1cc2c(-c3ccc(C(C)(C)C)cc3)ccc(C=O)c2[nH]1)S(C)(=O)=O. The standard InChI is InChI=1S/C24H30N2O3S/c1-6-7-14-26(30(5,28)29)22-15-21-20(13-10-18(16-27)23(21)25-22)17-8-11-19(12-9-17)24(2,3)4/h8-13,15-16,25H,6-7,14H2,1-5H3. The molecular weight excluding hydrogens is 396 g/mol. The second kappa shape index (κ2) is 8.26. The van der Waals surface area contributed by atoms with E-state index in [1.807, 2.05) is 19.1 Å². The third-order valence-electron chi connectivity index (χ3n) is 5.38. The molecule has 0 bridgehead atoms. The maximum Gasteiger partial charge on any atom is 0.233 e. The number of nitrogens with zero attached hydrogens (tertiary/aromatic N) is 1. The number of rotatable bonds is 7. The van der Waals surface area contributed by atoms with Crippen molar-refractivity contribution in [2.45, 2.75) is 46.0 Å². The minimum atomic E-state index is -3.44. The highest BCUT2D eigenvalue weighted by atomic mass is 32.2. The van der Waals surface area contributed by atoms with Gasteiger partial charge in [-0.15, -0.1) is 0 Å². The molecule has 2 aromatic carbocycles. The van der Waals surface area contributed by atoms with E-state index in [1.54, 1.807) is 6.07 Å². The molecule has 30 heavy (non-hydrogen) atoms. The summed E-state index contributed by atoms with van der Waals surface area (Å²) < 4.78 is 26.2. The van der Waals surface area contributed by atoms with Crippen LogP contribution in [0.4, 0.5) is 5.82 Å². The van der Waals surface area contributed by atoms with Crippen LogP contribution in [0, 0.1) is 0 Å². The first-order valence-electron chi connectivity index (χ1n) is 10.3. The number of benzene rings is 2. The van der Waals surface area contributed by atoms with Crippen molar-refractivity contribution in [3.8, 4) is 11.1 Å². The number of hydrogen-bond acceptors (Lipinski definition) is 3. The number of aromatic nitrogens is 1. The average molecular weight is 427 g/mol. The number of sulfonamides is 1. The summed E-state index contributed by atoms with van der Waals surface area (Å²) in [4.78, 5) is 14.8. The first-order chi connectivity index (χ1) is 14.1. The molecule has 0 aliphatic carbocycles. The van der Waals surface area contributed by atoms with Gasteiger partial charge in [-0.25, -0.2) is 8.42 Å². The summed E-state index contributed by atoms with van der Waals surface area (Å²) in [5.74, 6) is 0.489. The van der Waals surface area contributed by atoms with Gasteiger partial charge >= 0.3 is 0 Å². The van der Waals surface area contributed by atoms with Crippen molar-refractivity contribution < 1.29 is 13.2 Å². The monoisotopic (exact) mass is 426 g/mol. The van der Waals surface area contributed by atoms with Crippen molar-refractivity contribution >= 4 is 33.0 Å². The average Bonchev–Trinajstić information content (AvgIpc) is 3.10. The molecule has 0 spiro atoms. The fourth-order valence-electron chi connectivity index (χ4n) is 3.63. The Bertz CT molecular complexity index is 1150. The molecule has 6 heteroatoms. The number of H-pyrrole nitrogens is 1. The lowest BCUT2D eigenvalue weighted by molar-refractivity contribution is 0.112. The Balaban J connectivity index is 2.17. The summed E-state index contributed by atoms with van der Waals surface area (Å²) >= 11 is 0. The van der Waals surface area contributed by atoms with Gasteiger partial charge in [0.2, 0.25) is 10.0 Å². The van der Waals surface area contributed by atoms with Crippen molar-refractivity contribution in [1.29, 1.82) is 0 Å². The van der Waals surface area contributed by atoms with Crippen molar-refractivity contribution in [2.75, 3.05) is 17.1 Å². The fourth-order valence-corrected chi connectivity index (χ4v) is 4.54. The number of fused-ring (bicyclic) bond motifs is 1. The summed E-state index contributed by atoms with van der Waals surface area (Å²) in [5.41, 5.74) is 4.45. The van der Waals surface area contributed by atoms with E-state index >= 15 is 0 Å². The first-order valence-corrected chi connectivity index (χ1v) is 12.1. The number of unbranched alkanes of at least 4 members (excludes halogenated alkanes) is 1. The maximum absolute atomic E-state index is 12.4. The lowest BCUT2D eigenvalue weighted by Gasteiger charge is -2.20. The van der Waals surface area contributed by atoms with Crippen LogP contribution >= 0.6 is 0 Å². The van der Waals surface area contributed by atoms with Gasteiger partial charge in [-0.05, 0) is 40.7 Å². The maximum atomic E-state index is 12.4. The van der Waals surface area contributed by atoms with Crippen LogP contribution in [0.2, 0.25) is 0 Å². The van der Waals surface area contributed by atoms with E-state index in [0.717, 1.165) is 35.6 Å². The number of aromatic amines is 1. The number of nitrogens with one attached hydrogen (secondary N) is 1. The van der Waals surface area contributed by atoms with E-state index in [2.05, 4.69) is 50.0 Å². The third kappa shape index (κ3) is 4.43. The summed E-state index contributed by atoms with van der Waals surface area (Å²) in [6.07, 6.45) is 3.65. The van der Waals surface area contributed by atoms with Gasteiger partial charge in [-0.3, -0.25) is 9.10 Å². The highest BCUT2D eigenvalue weighted by Gasteiger charge is 2.21. The number of carbonyl (C=O) groups is 1. The lowest BCUT2D eigenvalue weighted by Crippen LogP contribution is -2.31. The Labute approximate surface area is 179 Å². The van der Waals surface area contributed by atoms with Crippen LogP contribution in [0.3, 0.4) is 0 Å². The zero-order valence-corrected chi connectivity index (χ0v) is 19.1. The molecule has 5 nitrogen and oxygen atoms in total. The summed E-state index contributed by atoms with van der Waals surface area (Å²) in [7, 11) is -3.44. The van der Waals surface area contributed by atoms with Crippen LogP contribution in [-0.4, -0.2) is 32.5 Å². The number of hydrogen-bond donors (Lipinski definition) is 1. The highest BCUT2D eigenvalue weighted by Crippen LogP contribution is 2.35. The normalized spacial score (nSPS) is 12.3. The number of aldehydes is 1. The van der Waals surface area contributed by atoms with Gasteiger partial charge < -0.3 is 4.98 Å². The van der Waals surface area contributed by atoms with Gasteiger partial charge in [-0.1, -0.05) is 64.4 Å². The van der Waals surface area contributed by atoms with E-state index < -0.39 is 10.0 Å². The van der Waals surface area contributed by atoms with E-state index in [4.69, 9.17) is 0 Å². The number of anilines is 1. The van der Waals surface area contributed by atoms with Crippen molar-refractivity contribution in [3.05, 3.63) is 53.6 Å². The minimum Gasteiger partial charge on any atom is -0.340 e. The molecule has 0 amide bonds. The number of carbonyl (C=O) groups excluding carboxylic acids is 1. The van der Waals surface area contributed by atoms with Crippen LogP contribution in [0.5, 0.6) is 0 Å². The van der Waals surface area contributed by atoms with Crippen LogP contribution in [0.15, 0.2) is 42.5 Å². The van der Waals surface area contributed by atoms with E-state index in [1.165, 1.54) is 16.1 Å². The largest absolute Gasteiger partial charge is 0.340 e. The van der Waals surface area contributed by atoms with Crippen molar-refractivity contribution in [1.82, 2.24) is 4.98 Å². The molecule has 1 heterocycles. The van der Waals surface area contributed by atoms with Crippen LogP contribution < -0.4 is 4.31 Å². The quantitative estimate of drug-likeness (QED) is 0.506. The zero-order chi connectivity index (χ0) is 22.1. The van der Waals surface area contributed by atoms with Gasteiger partial charge in [0.25, 0.3) is 0 Å². The minimum absolute atomic E-state index is 0.0613. The Morgan fingerprint density at radius 3 is 2.27 bits per heavy atom. The molecule has 0 aliphatic heterocycles. The molecule has 3 aromatic rings. The molecule has 0 saturated carbocycles. The smallest absolute Gasteiger partial charge is 0.233 e. The second-order valence-electron chi connectivity index (χ2n) is 8.78. The fraction of sp³-hybridized carbons (Fsp3) is 0.375. The van der Waals surface area contributed by atoms with E-state index in [-0.39, 0.29) is 5.41 Å². The summed E-state index contributed by atoms with van der Waals surface area (Å²) in [6, 6.07) is 13.9. The van der Waals surface area contributed by atoms with Gasteiger partial charge in [-0.2, -0.15) is 0 Å². The molecule has 0 fully saturated rings. The topological polar surface area (TPSA) is 70.2 Å². The Kier molecular flexibility index (Phi) is 6.09. The molecule has 160 valence electrons. The van der Waals surface area contributed by atoms with Crippen LogP contribution in [0.1, 0.15) is 56.5 Å². The van der Waals surface area contributed by atoms with Gasteiger partial charge in [0.05, 0.1) is 11.8 Å². The third-order valence-corrected chi connectivity index (χ3v) is 6.56. The van der Waals surface area contributed by atoms with Crippen molar-refractivity contribution in [3.63, 3.8) is 0 Å². The zero-order valence-electron chi connectivity index (χ0n) is 18.3. The Hall–Kier alpha value is -2.60. The van der Waals surface area contributed by atoms with Gasteiger partial charge in [0.1, 0.15) is 5.82 Å². The molecule has 3 rings (SSSR count). The van der Waals surface area contributed by atoms with Gasteiger partial charge in [0, 0.05) is 17.5 Å². The Morgan fingerprint density at radius 1 is 1.07 bits per heavy atom. The highest BCUT2D eigenvalue weighted by molar-refractivity contribution is 7.92. The first kappa shape index (κ1) is 22.1. The molecule has 0 saturated heterocycles. The predicted molar refractivity (Wildman–Crippen MR) is 125 cm³/mol. The molecule has 0 radical (unpaired) electrons. The van der Waals surface area contributed by atoms with Crippen molar-refractivity contribution in [2.24, 2.45) is 0 Å². The molecule has 1 N–H and O–H groups in total. The summed E-state index contributed by atoms with van der Waals surface area (Å²) in [6.45, 7) is 8.94. The molecule has 0 atom stereocenters. The van der Waals surface area contributed by atoms with Crippen LogP contribution in [-0.2, 0) is 15.4 Å². The van der Waals surface area contributed by atoms with Gasteiger partial charge in [0.15, 0.2) is 6.29 Å². The van der Waals surface area contributed by atoms with E-state index in [0.29, 0.717) is 23.4 Å². The predicted octanol–water partition coefficient (Wildman–Crippen LogP) is 5.51. The lowest BCUT2D eigenvalue weighted by atomic mass is 9.86. The second-order valence-corrected chi connectivity index (χ2v) is 10.7. The summed E-state index contributed by atoms with van der Waals surface area (Å²) in [5, 5.41) is 0.836. The Morgan fingerprint density at radius 2 is 1.73 bits per heavy atom. The molecular formula is C24H30N2O3S. The van der Waals surface area contributed by atoms with Crippen LogP contribution in [0.25, 0.3) is 22.0 Å². The molecule has 0 unspecified atom stereocenters. The molecule has 1 aromatic heterocycles. The van der Waals surface area contributed by atoms with E-state index in [9.17, 15) is 13.2 Å². The molecule has 0 aliphatic rings.